The Labute approximate surface area is 147 Å². The molecule has 2 heterocycles. The number of halogens is 1. The largest absolute Gasteiger partial charge is 0.440 e. The van der Waals surface area contributed by atoms with Gasteiger partial charge in [-0.15, -0.1) is 0 Å². The van der Waals surface area contributed by atoms with Crippen molar-refractivity contribution in [3.8, 4) is 0 Å². The zero-order chi connectivity index (χ0) is 19.8. The average Bonchev–Trinajstić information content (AvgIpc) is 2.62. The summed E-state index contributed by atoms with van der Waals surface area (Å²) in [5, 5.41) is 0. The lowest BCUT2D eigenvalue weighted by molar-refractivity contribution is -0.0501. The van der Waals surface area contributed by atoms with Gasteiger partial charge in [0, 0.05) is 22.5 Å². The first-order chi connectivity index (χ1) is 10.9. The van der Waals surface area contributed by atoms with E-state index in [0.29, 0.717) is 5.71 Å². The summed E-state index contributed by atoms with van der Waals surface area (Å²) in [5.41, 5.74) is -0.953. The van der Waals surface area contributed by atoms with Gasteiger partial charge in [-0.3, -0.25) is 9.89 Å². The van der Waals surface area contributed by atoms with Gasteiger partial charge < -0.3 is 4.74 Å². The average molecular weight is 341 g/mol. The van der Waals surface area contributed by atoms with Gasteiger partial charge in [0.05, 0.1) is 13.4 Å². The lowest BCUT2D eigenvalue weighted by atomic mass is 9.67. The number of ether oxygens (including phenoxy) is 1. The fourth-order valence-corrected chi connectivity index (χ4v) is 3.92. The number of amides is 1. The van der Waals surface area contributed by atoms with Crippen LogP contribution in [0.25, 0.3) is 0 Å². The van der Waals surface area contributed by atoms with Crippen LogP contribution in [0, 0.1) is 16.7 Å². The molecule has 0 N–H and O–H groups in total. The third-order valence-corrected chi connectivity index (χ3v) is 5.85. The summed E-state index contributed by atoms with van der Waals surface area (Å²) in [7, 11) is 0. The first-order valence-corrected chi connectivity index (χ1v) is 8.69. The Bertz CT molecular complexity index is 616. The van der Waals surface area contributed by atoms with Gasteiger partial charge in [-0.25, -0.2) is 9.18 Å². The summed E-state index contributed by atoms with van der Waals surface area (Å²) in [4.78, 5) is 18.5. The van der Waals surface area contributed by atoms with Crippen molar-refractivity contribution < 1.29 is 15.3 Å². The van der Waals surface area contributed by atoms with Crippen LogP contribution in [0.1, 0.15) is 70.6 Å². The molecule has 0 bridgehead atoms. The standard InChI is InChI=1S/C19H33FN2O2/c1-11-13(16(3,4)5)21-19(10,20)12(2)22-14(11)18(9,17(6,7)8)24-15(22)23/h11-12,14H,1-10H3/t11-,12?,14?,18-,19?/m0/s1/i12D. The van der Waals surface area contributed by atoms with Gasteiger partial charge in [0.2, 0.25) is 5.79 Å². The van der Waals surface area contributed by atoms with Crippen molar-refractivity contribution in [3.05, 3.63) is 0 Å². The highest BCUT2D eigenvalue weighted by molar-refractivity contribution is 5.93. The van der Waals surface area contributed by atoms with Gasteiger partial charge >= 0.3 is 6.09 Å². The van der Waals surface area contributed by atoms with Crippen LogP contribution in [0.15, 0.2) is 4.99 Å². The Hall–Kier alpha value is -1.13. The Morgan fingerprint density at radius 3 is 2.12 bits per heavy atom. The van der Waals surface area contributed by atoms with Crippen molar-refractivity contribution in [3.63, 3.8) is 0 Å². The lowest BCUT2D eigenvalue weighted by Gasteiger charge is -2.45. The van der Waals surface area contributed by atoms with Crippen LogP contribution in [0.2, 0.25) is 0 Å². The quantitative estimate of drug-likeness (QED) is 0.593. The number of aliphatic imine (C=N–C) groups is 1. The first kappa shape index (κ1) is 17.7. The Balaban J connectivity index is 2.80. The number of alkyl halides is 1. The minimum Gasteiger partial charge on any atom is -0.440 e. The number of carbonyl (C=O) groups is 1. The van der Waals surface area contributed by atoms with Gasteiger partial charge in [0.15, 0.2) is 0 Å². The second-order valence-electron chi connectivity index (χ2n) is 9.61. The van der Waals surface area contributed by atoms with Crippen molar-refractivity contribution in [1.82, 2.24) is 4.90 Å². The summed E-state index contributed by atoms with van der Waals surface area (Å²) >= 11 is 0. The summed E-state index contributed by atoms with van der Waals surface area (Å²) in [6.45, 7) is 18.5. The summed E-state index contributed by atoms with van der Waals surface area (Å²) < 4.78 is 30.2. The molecule has 5 heteroatoms. The summed E-state index contributed by atoms with van der Waals surface area (Å²) in [6.07, 6.45) is -0.638. The zero-order valence-corrected chi connectivity index (χ0v) is 16.7. The monoisotopic (exact) mass is 341 g/mol. The van der Waals surface area contributed by atoms with Crippen LogP contribution in [0.4, 0.5) is 9.18 Å². The highest BCUT2D eigenvalue weighted by Gasteiger charge is 2.63. The van der Waals surface area contributed by atoms with Gasteiger partial charge in [0.1, 0.15) is 5.60 Å². The van der Waals surface area contributed by atoms with Crippen molar-refractivity contribution in [1.29, 1.82) is 0 Å². The van der Waals surface area contributed by atoms with E-state index in [4.69, 9.17) is 6.11 Å². The topological polar surface area (TPSA) is 41.9 Å². The molecule has 0 radical (unpaired) electrons. The van der Waals surface area contributed by atoms with Crippen LogP contribution in [0.3, 0.4) is 0 Å². The van der Waals surface area contributed by atoms with Gasteiger partial charge in [0.25, 0.3) is 0 Å². The molecule has 1 saturated heterocycles. The minimum absolute atomic E-state index is 0.238. The fourth-order valence-electron chi connectivity index (χ4n) is 3.92. The van der Waals surface area contributed by atoms with Crippen molar-refractivity contribution in [2.24, 2.45) is 21.7 Å². The Morgan fingerprint density at radius 2 is 1.71 bits per heavy atom. The summed E-state index contributed by atoms with van der Waals surface area (Å²) in [5.74, 6) is -2.47. The highest BCUT2D eigenvalue weighted by Crippen LogP contribution is 2.50. The molecule has 0 aromatic carbocycles. The van der Waals surface area contributed by atoms with E-state index in [1.165, 1.54) is 18.7 Å². The van der Waals surface area contributed by atoms with Crippen molar-refractivity contribution in [2.75, 3.05) is 0 Å². The molecule has 2 aliphatic heterocycles. The molecule has 3 unspecified atom stereocenters. The molecule has 5 atom stereocenters. The molecule has 0 spiro atoms. The van der Waals surface area contributed by atoms with Gasteiger partial charge in [-0.2, -0.15) is 0 Å². The van der Waals surface area contributed by atoms with E-state index < -0.39 is 29.5 Å². The van der Waals surface area contributed by atoms with E-state index in [-0.39, 0.29) is 16.7 Å². The molecule has 2 rings (SSSR count). The maximum Gasteiger partial charge on any atom is 0.411 e. The normalized spacial score (nSPS) is 44.5. The number of cyclic esters (lactones) is 1. The maximum atomic E-state index is 15.6. The Morgan fingerprint density at radius 1 is 1.21 bits per heavy atom. The van der Waals surface area contributed by atoms with E-state index in [2.05, 4.69) is 4.99 Å². The van der Waals surface area contributed by atoms with E-state index in [1.54, 1.807) is 0 Å². The van der Waals surface area contributed by atoms with Crippen LogP contribution < -0.4 is 0 Å². The number of nitrogens with zero attached hydrogens (tertiary/aromatic N) is 2. The van der Waals surface area contributed by atoms with Crippen molar-refractivity contribution in [2.45, 2.75) is 92.7 Å². The third-order valence-electron chi connectivity index (χ3n) is 5.85. The number of hydrogen-bond acceptors (Lipinski definition) is 3. The van der Waals surface area contributed by atoms with Gasteiger partial charge in [-0.05, 0) is 20.8 Å². The van der Waals surface area contributed by atoms with E-state index in [9.17, 15) is 4.79 Å². The Kier molecular flexibility index (Phi) is 3.82. The number of fused-ring (bicyclic) bond motifs is 1. The molecule has 24 heavy (non-hydrogen) atoms. The molecule has 138 valence electrons. The van der Waals surface area contributed by atoms with Crippen LogP contribution >= 0.6 is 0 Å². The molecular formula is C19H33FN2O2. The molecule has 2 aliphatic rings. The second-order valence-corrected chi connectivity index (χ2v) is 9.61. The minimum atomic E-state index is -2.24. The van der Waals surface area contributed by atoms with Crippen LogP contribution in [0.5, 0.6) is 0 Å². The number of rotatable bonds is 0. The van der Waals surface area contributed by atoms with E-state index in [0.717, 1.165) is 0 Å². The maximum absolute atomic E-state index is 15.6. The third kappa shape index (κ3) is 2.64. The molecule has 0 aromatic rings. The summed E-state index contributed by atoms with van der Waals surface area (Å²) in [6, 6.07) is -2.34. The fraction of sp³-hybridized carbons (Fsp3) is 0.895. The number of hydrogen-bond donors (Lipinski definition) is 0. The second kappa shape index (κ2) is 5.18. The van der Waals surface area contributed by atoms with Gasteiger partial charge in [-0.1, -0.05) is 48.5 Å². The SMILES string of the molecule is [2H]C1(C)N2C(=O)O[C@](C)(C(C)(C)C)C2[C@@H](C)C(C(C)(C)C)=NC1(C)F. The first-order valence-electron chi connectivity index (χ1n) is 9.19. The molecule has 1 fully saturated rings. The highest BCUT2D eigenvalue weighted by atomic mass is 19.1. The molecule has 0 saturated carbocycles. The number of carbonyl (C=O) groups excluding carboxylic acids is 1. The van der Waals surface area contributed by atoms with E-state index in [1.807, 2.05) is 55.4 Å². The smallest absolute Gasteiger partial charge is 0.411 e. The molecule has 4 nitrogen and oxygen atoms in total. The predicted octanol–water partition coefficient (Wildman–Crippen LogP) is 4.82. The van der Waals surface area contributed by atoms with E-state index >= 15 is 4.39 Å². The predicted molar refractivity (Wildman–Crippen MR) is 95.0 cm³/mol. The molecule has 0 aromatic heterocycles. The molecule has 1 amide bonds. The molecular weight excluding hydrogens is 307 g/mol. The molecule has 0 aliphatic carbocycles. The van der Waals surface area contributed by atoms with Crippen LogP contribution in [-0.2, 0) is 4.74 Å². The van der Waals surface area contributed by atoms with Crippen molar-refractivity contribution >= 4 is 11.8 Å². The lowest BCUT2D eigenvalue weighted by Crippen LogP contribution is -2.58. The van der Waals surface area contributed by atoms with Crippen LogP contribution in [-0.4, -0.2) is 40.2 Å². The zero-order valence-electron chi connectivity index (χ0n) is 17.7.